The number of nitrogens with zero attached hydrogens (tertiary/aromatic N) is 1. The van der Waals surface area contributed by atoms with Crippen molar-refractivity contribution < 1.29 is 4.79 Å². The fourth-order valence-electron chi connectivity index (χ4n) is 2.66. The Morgan fingerprint density at radius 3 is 2.83 bits per heavy atom. The minimum absolute atomic E-state index is 0.00212. The van der Waals surface area contributed by atoms with Gasteiger partial charge in [0.05, 0.1) is 11.7 Å². The predicted molar refractivity (Wildman–Crippen MR) is 72.0 cm³/mol. The van der Waals surface area contributed by atoms with Crippen LogP contribution in [0.15, 0.2) is 24.4 Å². The maximum absolute atomic E-state index is 12.0. The number of aromatic nitrogens is 1. The van der Waals surface area contributed by atoms with Gasteiger partial charge in [-0.2, -0.15) is 0 Å². The van der Waals surface area contributed by atoms with Crippen molar-refractivity contribution in [2.75, 3.05) is 0 Å². The molecule has 0 aliphatic heterocycles. The minimum atomic E-state index is 0.00212. The molecule has 2 rings (SSSR count). The number of hydrogen-bond donors (Lipinski definition) is 1. The summed E-state index contributed by atoms with van der Waals surface area (Å²) in [5.41, 5.74) is 0.925. The second-order valence-electron chi connectivity index (χ2n) is 5.25. The first-order valence-corrected chi connectivity index (χ1v) is 6.96. The van der Waals surface area contributed by atoms with Crippen molar-refractivity contribution in [1.82, 2.24) is 10.3 Å². The number of hydrogen-bond acceptors (Lipinski definition) is 2. The van der Waals surface area contributed by atoms with Gasteiger partial charge >= 0.3 is 0 Å². The van der Waals surface area contributed by atoms with E-state index in [1.54, 1.807) is 6.20 Å². The molecule has 0 unspecified atom stereocenters. The van der Waals surface area contributed by atoms with Gasteiger partial charge in [-0.25, -0.2) is 0 Å². The van der Waals surface area contributed by atoms with Crippen LogP contribution in [-0.4, -0.2) is 10.9 Å². The van der Waals surface area contributed by atoms with Crippen molar-refractivity contribution >= 4 is 5.91 Å². The van der Waals surface area contributed by atoms with E-state index >= 15 is 0 Å². The molecule has 1 aromatic heterocycles. The van der Waals surface area contributed by atoms with E-state index in [2.05, 4.69) is 10.3 Å². The van der Waals surface area contributed by atoms with E-state index in [0.717, 1.165) is 5.69 Å². The highest BCUT2D eigenvalue weighted by Crippen LogP contribution is 2.26. The minimum Gasteiger partial charge on any atom is -0.348 e. The predicted octanol–water partition coefficient (Wildman–Crippen LogP) is 3.23. The lowest BCUT2D eigenvalue weighted by molar-refractivity contribution is -0.122. The zero-order valence-electron chi connectivity index (χ0n) is 11.1. The van der Waals surface area contributed by atoms with Gasteiger partial charge in [0, 0.05) is 12.6 Å². The lowest BCUT2D eigenvalue weighted by atomic mass is 9.87. The Morgan fingerprint density at radius 1 is 1.39 bits per heavy atom. The molecule has 0 radical (unpaired) electrons. The van der Waals surface area contributed by atoms with Crippen molar-refractivity contribution in [3.8, 4) is 0 Å². The van der Waals surface area contributed by atoms with Gasteiger partial charge in [-0.05, 0) is 37.8 Å². The fraction of sp³-hybridized carbons (Fsp3) is 0.600. The highest BCUT2D eigenvalue weighted by atomic mass is 16.1. The van der Waals surface area contributed by atoms with Crippen molar-refractivity contribution in [1.29, 1.82) is 0 Å². The van der Waals surface area contributed by atoms with E-state index in [-0.39, 0.29) is 11.9 Å². The highest BCUT2D eigenvalue weighted by molar-refractivity contribution is 5.76. The molecule has 1 aromatic rings. The van der Waals surface area contributed by atoms with Crippen molar-refractivity contribution in [3.05, 3.63) is 30.1 Å². The van der Waals surface area contributed by atoms with Crippen LogP contribution in [0.4, 0.5) is 0 Å². The largest absolute Gasteiger partial charge is 0.348 e. The van der Waals surface area contributed by atoms with Gasteiger partial charge in [-0.3, -0.25) is 9.78 Å². The highest BCUT2D eigenvalue weighted by Gasteiger charge is 2.18. The molecule has 1 heterocycles. The van der Waals surface area contributed by atoms with Gasteiger partial charge in [0.2, 0.25) is 5.91 Å². The van der Waals surface area contributed by atoms with Gasteiger partial charge < -0.3 is 5.32 Å². The summed E-state index contributed by atoms with van der Waals surface area (Å²) >= 11 is 0. The van der Waals surface area contributed by atoms with Crippen LogP contribution < -0.4 is 5.32 Å². The van der Waals surface area contributed by atoms with Crippen LogP contribution in [0.1, 0.15) is 57.2 Å². The summed E-state index contributed by atoms with van der Waals surface area (Å²) in [4.78, 5) is 16.2. The SMILES string of the molecule is C[C@H](NC(=O)CC1CCCCC1)c1ccccn1. The number of carbonyl (C=O) groups excluding carboxylic acids is 1. The Hall–Kier alpha value is -1.38. The number of rotatable bonds is 4. The Morgan fingerprint density at radius 2 is 2.17 bits per heavy atom. The molecule has 0 aromatic carbocycles. The molecule has 1 amide bonds. The first kappa shape index (κ1) is 13.1. The molecule has 0 saturated heterocycles. The third-order valence-electron chi connectivity index (χ3n) is 3.71. The molecule has 1 N–H and O–H groups in total. The number of carbonyl (C=O) groups is 1. The maximum atomic E-state index is 12.0. The average molecular weight is 246 g/mol. The molecule has 98 valence electrons. The van der Waals surface area contributed by atoms with Crippen LogP contribution in [0.2, 0.25) is 0 Å². The summed E-state index contributed by atoms with van der Waals surface area (Å²) in [7, 11) is 0. The van der Waals surface area contributed by atoms with Crippen LogP contribution in [0.25, 0.3) is 0 Å². The van der Waals surface area contributed by atoms with Crippen LogP contribution in [-0.2, 0) is 4.79 Å². The molecule has 3 nitrogen and oxygen atoms in total. The van der Waals surface area contributed by atoms with Gasteiger partial charge in [0.15, 0.2) is 0 Å². The molecule has 0 bridgehead atoms. The Bertz CT molecular complexity index is 371. The van der Waals surface area contributed by atoms with Crippen LogP contribution in [0, 0.1) is 5.92 Å². The van der Waals surface area contributed by atoms with Gasteiger partial charge in [-0.15, -0.1) is 0 Å². The molecule has 1 fully saturated rings. The first-order valence-electron chi connectivity index (χ1n) is 6.96. The summed E-state index contributed by atoms with van der Waals surface area (Å²) in [6.45, 7) is 1.99. The molecule has 0 spiro atoms. The third-order valence-corrected chi connectivity index (χ3v) is 3.71. The van der Waals surface area contributed by atoms with E-state index in [9.17, 15) is 4.79 Å². The first-order chi connectivity index (χ1) is 8.75. The second kappa shape index (κ2) is 6.53. The smallest absolute Gasteiger partial charge is 0.220 e. The summed E-state index contributed by atoms with van der Waals surface area (Å²) < 4.78 is 0. The Balaban J connectivity index is 1.80. The molecule has 1 aliphatic carbocycles. The van der Waals surface area contributed by atoms with Gasteiger partial charge in [0.25, 0.3) is 0 Å². The summed E-state index contributed by atoms with van der Waals surface area (Å²) in [5.74, 6) is 0.759. The summed E-state index contributed by atoms with van der Waals surface area (Å²) in [6.07, 6.45) is 8.77. The average Bonchev–Trinajstić information content (AvgIpc) is 2.40. The molecule has 1 aliphatic rings. The van der Waals surface area contributed by atoms with E-state index < -0.39 is 0 Å². The molecular formula is C15H22N2O. The van der Waals surface area contributed by atoms with Crippen LogP contribution >= 0.6 is 0 Å². The standard InChI is InChI=1S/C15H22N2O/c1-12(14-9-5-6-10-16-14)17-15(18)11-13-7-3-2-4-8-13/h5-6,9-10,12-13H,2-4,7-8,11H2,1H3,(H,17,18)/t12-/m0/s1. The van der Waals surface area contributed by atoms with Gasteiger partial charge in [-0.1, -0.05) is 25.3 Å². The van der Waals surface area contributed by atoms with E-state index in [1.165, 1.54) is 32.1 Å². The quantitative estimate of drug-likeness (QED) is 0.886. The van der Waals surface area contributed by atoms with Gasteiger partial charge in [0.1, 0.15) is 0 Å². The summed E-state index contributed by atoms with van der Waals surface area (Å²) in [6, 6.07) is 5.79. The van der Waals surface area contributed by atoms with E-state index in [1.807, 2.05) is 25.1 Å². The second-order valence-corrected chi connectivity index (χ2v) is 5.25. The van der Waals surface area contributed by atoms with Crippen molar-refractivity contribution in [2.24, 2.45) is 5.92 Å². The number of nitrogens with one attached hydrogen (secondary N) is 1. The van der Waals surface area contributed by atoms with Crippen LogP contribution in [0.5, 0.6) is 0 Å². The maximum Gasteiger partial charge on any atom is 0.220 e. The number of amides is 1. The van der Waals surface area contributed by atoms with Crippen LogP contribution in [0.3, 0.4) is 0 Å². The molecule has 1 saturated carbocycles. The lowest BCUT2D eigenvalue weighted by Gasteiger charge is -2.22. The van der Waals surface area contributed by atoms with Crippen molar-refractivity contribution in [3.63, 3.8) is 0 Å². The molecular weight excluding hydrogens is 224 g/mol. The fourth-order valence-corrected chi connectivity index (χ4v) is 2.66. The topological polar surface area (TPSA) is 42.0 Å². The Labute approximate surface area is 109 Å². The van der Waals surface area contributed by atoms with E-state index in [4.69, 9.17) is 0 Å². The lowest BCUT2D eigenvalue weighted by Crippen LogP contribution is -2.29. The van der Waals surface area contributed by atoms with Crippen molar-refractivity contribution in [2.45, 2.75) is 51.5 Å². The molecule has 1 atom stereocenters. The van der Waals surface area contributed by atoms with E-state index in [0.29, 0.717) is 12.3 Å². The normalized spacial score (nSPS) is 18.3. The zero-order valence-corrected chi connectivity index (χ0v) is 11.1. The Kier molecular flexibility index (Phi) is 4.73. The zero-order chi connectivity index (χ0) is 12.8. The third kappa shape index (κ3) is 3.83. The molecule has 18 heavy (non-hydrogen) atoms. The monoisotopic (exact) mass is 246 g/mol. The number of pyridine rings is 1. The molecule has 3 heteroatoms. The summed E-state index contributed by atoms with van der Waals surface area (Å²) in [5, 5.41) is 3.04.